The highest BCUT2D eigenvalue weighted by molar-refractivity contribution is 5.43. The highest BCUT2D eigenvalue weighted by atomic mass is 16.5. The van der Waals surface area contributed by atoms with Crippen LogP contribution in [0.4, 0.5) is 5.82 Å². The van der Waals surface area contributed by atoms with Gasteiger partial charge in [0.1, 0.15) is 5.82 Å². The molecule has 0 radical (unpaired) electrons. The molecule has 1 aromatic heterocycles. The fourth-order valence-electron chi connectivity index (χ4n) is 2.10. The summed E-state index contributed by atoms with van der Waals surface area (Å²) < 4.78 is 5.63. The van der Waals surface area contributed by atoms with Crippen LogP contribution in [0, 0.1) is 0 Å². The van der Waals surface area contributed by atoms with Gasteiger partial charge in [-0.05, 0) is 38.5 Å². The van der Waals surface area contributed by atoms with Crippen molar-refractivity contribution in [1.29, 1.82) is 0 Å². The molecule has 2 rings (SSSR count). The van der Waals surface area contributed by atoms with E-state index in [0.29, 0.717) is 6.04 Å². The molecule has 1 saturated heterocycles. The lowest BCUT2D eigenvalue weighted by atomic mass is 10.1. The first-order chi connectivity index (χ1) is 8.08. The maximum Gasteiger partial charge on any atom is 0.129 e. The minimum atomic E-state index is 0.0468. The van der Waals surface area contributed by atoms with Gasteiger partial charge in [-0.3, -0.25) is 0 Å². The van der Waals surface area contributed by atoms with Gasteiger partial charge in [0, 0.05) is 18.8 Å². The largest absolute Gasteiger partial charge is 0.375 e. The van der Waals surface area contributed by atoms with E-state index < -0.39 is 0 Å². The number of rotatable bonds is 2. The summed E-state index contributed by atoms with van der Waals surface area (Å²) in [5.41, 5.74) is 7.03. The van der Waals surface area contributed by atoms with Crippen LogP contribution in [0.2, 0.25) is 0 Å². The van der Waals surface area contributed by atoms with Crippen LogP contribution >= 0.6 is 0 Å². The Hall–Kier alpha value is -1.13. The standard InChI is InChI=1S/C13H21N3O/c1-9-8-17-10(2)7-16(9)13-6-12(11(3)14)4-5-15-13/h4-6,9-11H,7-8,14H2,1-3H3/t9?,10?,11-/m0/s1. The highest BCUT2D eigenvalue weighted by Gasteiger charge is 2.24. The van der Waals surface area contributed by atoms with Crippen LogP contribution in [0.5, 0.6) is 0 Å². The fraction of sp³-hybridized carbons (Fsp3) is 0.615. The van der Waals surface area contributed by atoms with E-state index in [4.69, 9.17) is 10.5 Å². The van der Waals surface area contributed by atoms with Gasteiger partial charge in [-0.15, -0.1) is 0 Å². The van der Waals surface area contributed by atoms with Crippen LogP contribution in [-0.4, -0.2) is 30.3 Å². The third-order valence-corrected chi connectivity index (χ3v) is 3.20. The van der Waals surface area contributed by atoms with Crippen molar-refractivity contribution in [2.24, 2.45) is 5.73 Å². The summed E-state index contributed by atoms with van der Waals surface area (Å²) >= 11 is 0. The summed E-state index contributed by atoms with van der Waals surface area (Å²) in [6.45, 7) is 7.88. The summed E-state index contributed by atoms with van der Waals surface area (Å²) in [6.07, 6.45) is 2.09. The van der Waals surface area contributed by atoms with Gasteiger partial charge in [0.25, 0.3) is 0 Å². The predicted octanol–water partition coefficient (Wildman–Crippen LogP) is 1.71. The molecule has 0 aromatic carbocycles. The van der Waals surface area contributed by atoms with Gasteiger partial charge in [-0.25, -0.2) is 4.98 Å². The molecule has 1 fully saturated rings. The maximum atomic E-state index is 5.90. The van der Waals surface area contributed by atoms with E-state index in [-0.39, 0.29) is 12.1 Å². The topological polar surface area (TPSA) is 51.4 Å². The first-order valence-electron chi connectivity index (χ1n) is 6.17. The Balaban J connectivity index is 2.23. The predicted molar refractivity (Wildman–Crippen MR) is 69.1 cm³/mol. The van der Waals surface area contributed by atoms with Crippen molar-refractivity contribution in [3.63, 3.8) is 0 Å². The number of ether oxygens (including phenoxy) is 1. The lowest BCUT2D eigenvalue weighted by Gasteiger charge is -2.37. The number of nitrogens with zero attached hydrogens (tertiary/aromatic N) is 2. The summed E-state index contributed by atoms with van der Waals surface area (Å²) in [6, 6.07) is 4.47. The second-order valence-corrected chi connectivity index (χ2v) is 4.88. The Morgan fingerprint density at radius 2 is 2.29 bits per heavy atom. The van der Waals surface area contributed by atoms with Crippen molar-refractivity contribution in [2.45, 2.75) is 39.0 Å². The van der Waals surface area contributed by atoms with Gasteiger partial charge in [-0.1, -0.05) is 0 Å². The lowest BCUT2D eigenvalue weighted by molar-refractivity contribution is 0.0340. The Morgan fingerprint density at radius 1 is 1.53 bits per heavy atom. The SMILES string of the molecule is CC1CN(c2cc([C@H](C)N)ccn2)C(C)CO1. The lowest BCUT2D eigenvalue weighted by Crippen LogP contribution is -2.47. The van der Waals surface area contributed by atoms with E-state index in [0.717, 1.165) is 24.5 Å². The molecular formula is C13H21N3O. The molecule has 4 heteroatoms. The molecule has 94 valence electrons. The maximum absolute atomic E-state index is 5.90. The van der Waals surface area contributed by atoms with Crippen molar-refractivity contribution in [1.82, 2.24) is 4.98 Å². The van der Waals surface area contributed by atoms with Crippen molar-refractivity contribution >= 4 is 5.82 Å². The number of hydrogen-bond donors (Lipinski definition) is 1. The van der Waals surface area contributed by atoms with Crippen molar-refractivity contribution < 1.29 is 4.74 Å². The Labute approximate surface area is 103 Å². The quantitative estimate of drug-likeness (QED) is 0.848. The molecule has 4 nitrogen and oxygen atoms in total. The fourth-order valence-corrected chi connectivity index (χ4v) is 2.10. The van der Waals surface area contributed by atoms with Crippen LogP contribution in [-0.2, 0) is 4.74 Å². The smallest absolute Gasteiger partial charge is 0.129 e. The van der Waals surface area contributed by atoms with Gasteiger partial charge in [0.2, 0.25) is 0 Å². The van der Waals surface area contributed by atoms with Crippen molar-refractivity contribution in [3.8, 4) is 0 Å². The van der Waals surface area contributed by atoms with E-state index in [1.807, 2.05) is 19.2 Å². The Kier molecular flexibility index (Phi) is 3.64. The summed E-state index contributed by atoms with van der Waals surface area (Å²) in [5.74, 6) is 1.00. The van der Waals surface area contributed by atoms with Gasteiger partial charge in [-0.2, -0.15) is 0 Å². The normalized spacial score (nSPS) is 26.9. The number of anilines is 1. The van der Waals surface area contributed by atoms with Gasteiger partial charge in [0.15, 0.2) is 0 Å². The zero-order valence-electron chi connectivity index (χ0n) is 10.8. The van der Waals surface area contributed by atoms with Crippen LogP contribution < -0.4 is 10.6 Å². The number of hydrogen-bond acceptors (Lipinski definition) is 4. The molecule has 3 atom stereocenters. The summed E-state index contributed by atoms with van der Waals surface area (Å²) in [7, 11) is 0. The molecule has 0 spiro atoms. The molecule has 0 saturated carbocycles. The van der Waals surface area contributed by atoms with E-state index in [9.17, 15) is 0 Å². The molecule has 1 aliphatic heterocycles. The van der Waals surface area contributed by atoms with Crippen LogP contribution in [0.1, 0.15) is 32.4 Å². The molecule has 2 heterocycles. The molecule has 1 aliphatic rings. The van der Waals surface area contributed by atoms with Gasteiger partial charge in [0.05, 0.1) is 18.8 Å². The number of morpholine rings is 1. The zero-order chi connectivity index (χ0) is 12.4. The van der Waals surface area contributed by atoms with E-state index in [1.165, 1.54) is 0 Å². The third kappa shape index (κ3) is 2.76. The molecule has 2 unspecified atom stereocenters. The second kappa shape index (κ2) is 5.02. The van der Waals surface area contributed by atoms with Gasteiger partial charge < -0.3 is 15.4 Å². The van der Waals surface area contributed by atoms with Gasteiger partial charge >= 0.3 is 0 Å². The van der Waals surface area contributed by atoms with Crippen molar-refractivity contribution in [2.75, 3.05) is 18.1 Å². The second-order valence-electron chi connectivity index (χ2n) is 4.88. The van der Waals surface area contributed by atoms with Crippen molar-refractivity contribution in [3.05, 3.63) is 23.9 Å². The minimum Gasteiger partial charge on any atom is -0.375 e. The molecule has 0 bridgehead atoms. The average Bonchev–Trinajstić information content (AvgIpc) is 2.32. The summed E-state index contributed by atoms with van der Waals surface area (Å²) in [5, 5.41) is 0. The first kappa shape index (κ1) is 12.3. The number of pyridine rings is 1. The zero-order valence-corrected chi connectivity index (χ0v) is 10.8. The number of nitrogens with two attached hydrogens (primary N) is 1. The molecule has 0 amide bonds. The summed E-state index contributed by atoms with van der Waals surface area (Å²) in [4.78, 5) is 6.74. The molecular weight excluding hydrogens is 214 g/mol. The molecule has 1 aromatic rings. The van der Waals surface area contributed by atoms with Crippen LogP contribution in [0.25, 0.3) is 0 Å². The van der Waals surface area contributed by atoms with E-state index in [1.54, 1.807) is 0 Å². The van der Waals surface area contributed by atoms with Crippen LogP contribution in [0.15, 0.2) is 18.3 Å². The first-order valence-corrected chi connectivity index (χ1v) is 6.17. The van der Waals surface area contributed by atoms with E-state index >= 15 is 0 Å². The third-order valence-electron chi connectivity index (χ3n) is 3.20. The van der Waals surface area contributed by atoms with E-state index in [2.05, 4.69) is 29.8 Å². The minimum absolute atomic E-state index is 0.0468. The Bertz CT molecular complexity index is 381. The number of aromatic nitrogens is 1. The average molecular weight is 235 g/mol. The highest BCUT2D eigenvalue weighted by Crippen LogP contribution is 2.22. The molecule has 2 N–H and O–H groups in total. The molecule has 17 heavy (non-hydrogen) atoms. The Morgan fingerprint density at radius 3 is 3.00 bits per heavy atom. The molecule has 0 aliphatic carbocycles. The monoisotopic (exact) mass is 235 g/mol. The van der Waals surface area contributed by atoms with Crippen LogP contribution in [0.3, 0.4) is 0 Å².